The summed E-state index contributed by atoms with van der Waals surface area (Å²) < 4.78 is 28.8. The molecule has 8 heteroatoms. The van der Waals surface area contributed by atoms with Gasteiger partial charge in [0, 0.05) is 60.4 Å². The van der Waals surface area contributed by atoms with Crippen molar-refractivity contribution in [1.82, 2.24) is 24.7 Å². The van der Waals surface area contributed by atoms with Crippen LogP contribution in [0.25, 0.3) is 27.9 Å². The number of imidazole rings is 1. The number of rotatable bonds is 3. The fraction of sp³-hybridized carbons (Fsp3) is 0.318. The Labute approximate surface area is 172 Å². The Morgan fingerprint density at radius 1 is 1.10 bits per heavy atom. The maximum Gasteiger partial charge on any atom is 0.173 e. The van der Waals surface area contributed by atoms with Crippen molar-refractivity contribution >= 4 is 22.2 Å². The topological polar surface area (TPSA) is 58.4 Å². The second-order valence-electron chi connectivity index (χ2n) is 7.98. The molecule has 4 aromatic rings. The molecule has 1 aliphatic heterocycles. The molecule has 0 spiro atoms. The summed E-state index contributed by atoms with van der Waals surface area (Å²) in [7, 11) is 0. The molecule has 0 bridgehead atoms. The monoisotopic (exact) mass is 408 g/mol. The molecule has 1 aliphatic rings. The van der Waals surface area contributed by atoms with E-state index in [-0.39, 0.29) is 11.3 Å². The molecule has 30 heavy (non-hydrogen) atoms. The van der Waals surface area contributed by atoms with Gasteiger partial charge in [0.25, 0.3) is 0 Å². The number of halogens is 2. The van der Waals surface area contributed by atoms with E-state index in [1.165, 1.54) is 16.7 Å². The van der Waals surface area contributed by atoms with Crippen LogP contribution in [0, 0.1) is 5.82 Å². The summed E-state index contributed by atoms with van der Waals surface area (Å²) in [6.07, 6.45) is 4.91. The lowest BCUT2D eigenvalue weighted by molar-refractivity contribution is 0.407. The molecule has 4 heterocycles. The maximum absolute atomic E-state index is 14.4. The van der Waals surface area contributed by atoms with E-state index in [4.69, 9.17) is 0 Å². The smallest absolute Gasteiger partial charge is 0.173 e. The lowest BCUT2D eigenvalue weighted by Crippen LogP contribution is -2.54. The Morgan fingerprint density at radius 2 is 1.90 bits per heavy atom. The van der Waals surface area contributed by atoms with E-state index in [1.807, 2.05) is 6.07 Å². The highest BCUT2D eigenvalue weighted by molar-refractivity contribution is 5.83. The number of nitrogens with one attached hydrogen (secondary N) is 1. The zero-order chi connectivity index (χ0) is 20.8. The molecular formula is C22H22F2N6. The summed E-state index contributed by atoms with van der Waals surface area (Å²) in [5.41, 5.74) is 2.73. The Balaban J connectivity index is 1.50. The minimum absolute atomic E-state index is 0.0938. The van der Waals surface area contributed by atoms with Crippen LogP contribution in [0.2, 0.25) is 0 Å². The third-order valence-electron chi connectivity index (χ3n) is 5.44. The molecule has 0 saturated carbocycles. The van der Waals surface area contributed by atoms with Gasteiger partial charge in [-0.15, -0.1) is 0 Å². The van der Waals surface area contributed by atoms with Gasteiger partial charge in [0.1, 0.15) is 6.67 Å². The van der Waals surface area contributed by atoms with E-state index >= 15 is 0 Å². The highest BCUT2D eigenvalue weighted by atomic mass is 19.1. The van der Waals surface area contributed by atoms with Crippen LogP contribution in [0.3, 0.4) is 0 Å². The van der Waals surface area contributed by atoms with Gasteiger partial charge < -0.3 is 14.6 Å². The van der Waals surface area contributed by atoms with Crippen LogP contribution in [0.15, 0.2) is 42.9 Å². The van der Waals surface area contributed by atoms with Gasteiger partial charge in [-0.2, -0.15) is 0 Å². The average Bonchev–Trinajstić information content (AvgIpc) is 3.16. The van der Waals surface area contributed by atoms with Crippen molar-refractivity contribution in [1.29, 1.82) is 0 Å². The van der Waals surface area contributed by atoms with Gasteiger partial charge in [0.2, 0.25) is 0 Å². The van der Waals surface area contributed by atoms with Gasteiger partial charge in [-0.25, -0.2) is 23.7 Å². The van der Waals surface area contributed by atoms with Gasteiger partial charge in [0.05, 0.1) is 11.2 Å². The summed E-state index contributed by atoms with van der Waals surface area (Å²) in [5, 5.41) is 4.47. The van der Waals surface area contributed by atoms with Crippen LogP contribution < -0.4 is 10.2 Å². The number of aromatic nitrogens is 4. The zero-order valence-corrected chi connectivity index (χ0v) is 16.8. The Bertz CT molecular complexity index is 1230. The van der Waals surface area contributed by atoms with Crippen molar-refractivity contribution in [2.45, 2.75) is 32.6 Å². The molecule has 0 unspecified atom stereocenters. The van der Waals surface area contributed by atoms with Gasteiger partial charge in [-0.1, -0.05) is 0 Å². The van der Waals surface area contributed by atoms with Crippen LogP contribution in [0.1, 0.15) is 19.5 Å². The van der Waals surface area contributed by atoms with Crippen molar-refractivity contribution in [3.05, 3.63) is 54.4 Å². The van der Waals surface area contributed by atoms with Crippen molar-refractivity contribution in [3.8, 4) is 11.4 Å². The Hall–Kier alpha value is -3.13. The van der Waals surface area contributed by atoms with Crippen LogP contribution in [-0.4, -0.2) is 44.5 Å². The molecule has 3 aromatic heterocycles. The first-order chi connectivity index (χ1) is 14.5. The number of hydrogen-bond acceptors (Lipinski definition) is 5. The molecule has 1 fully saturated rings. The van der Waals surface area contributed by atoms with Crippen LogP contribution >= 0.6 is 0 Å². The summed E-state index contributed by atoms with van der Waals surface area (Å²) in [6.45, 7) is 5.52. The average molecular weight is 408 g/mol. The highest BCUT2D eigenvalue weighted by Crippen LogP contribution is 2.26. The van der Waals surface area contributed by atoms with Crippen LogP contribution in [0.4, 0.5) is 14.5 Å². The number of alkyl halides is 1. The summed E-state index contributed by atoms with van der Waals surface area (Å²) in [5.74, 6) is -0.121. The SMILES string of the molecule is C[C@@H]1CN(c2ccc3nc(-c4cc(F)c5nc(CF)cn5c4)ncc3c2)C[C@@H](C)N1. The fourth-order valence-corrected chi connectivity index (χ4v) is 4.19. The molecule has 0 amide bonds. The van der Waals surface area contributed by atoms with Crippen molar-refractivity contribution < 1.29 is 8.78 Å². The number of hydrogen-bond donors (Lipinski definition) is 1. The first kappa shape index (κ1) is 18.9. The summed E-state index contributed by atoms with van der Waals surface area (Å²) in [6, 6.07) is 8.32. The van der Waals surface area contributed by atoms with Crippen LogP contribution in [0.5, 0.6) is 0 Å². The third kappa shape index (κ3) is 3.37. The summed E-state index contributed by atoms with van der Waals surface area (Å²) in [4.78, 5) is 15.4. The molecule has 154 valence electrons. The van der Waals surface area contributed by atoms with E-state index in [1.54, 1.807) is 12.4 Å². The van der Waals surface area contributed by atoms with Gasteiger partial charge >= 0.3 is 0 Å². The predicted molar refractivity (Wildman–Crippen MR) is 113 cm³/mol. The van der Waals surface area contributed by atoms with Crippen molar-refractivity contribution in [3.63, 3.8) is 0 Å². The number of fused-ring (bicyclic) bond motifs is 2. The molecule has 6 nitrogen and oxygen atoms in total. The van der Waals surface area contributed by atoms with E-state index < -0.39 is 12.5 Å². The predicted octanol–water partition coefficient (Wildman–Crippen LogP) is 3.74. The van der Waals surface area contributed by atoms with Crippen molar-refractivity contribution in [2.24, 2.45) is 0 Å². The largest absolute Gasteiger partial charge is 0.368 e. The number of piperazine rings is 1. The molecule has 5 rings (SSSR count). The summed E-state index contributed by atoms with van der Waals surface area (Å²) >= 11 is 0. The van der Waals surface area contributed by atoms with E-state index in [2.05, 4.69) is 51.1 Å². The molecule has 1 aromatic carbocycles. The van der Waals surface area contributed by atoms with E-state index in [9.17, 15) is 8.78 Å². The number of anilines is 1. The highest BCUT2D eigenvalue weighted by Gasteiger charge is 2.21. The Morgan fingerprint density at radius 3 is 2.67 bits per heavy atom. The molecule has 1 saturated heterocycles. The van der Waals surface area contributed by atoms with Crippen LogP contribution in [-0.2, 0) is 6.67 Å². The zero-order valence-electron chi connectivity index (χ0n) is 16.8. The molecule has 2 atom stereocenters. The van der Waals surface area contributed by atoms with Gasteiger partial charge in [-0.05, 0) is 38.1 Å². The second-order valence-corrected chi connectivity index (χ2v) is 7.98. The quantitative estimate of drug-likeness (QED) is 0.560. The van der Waals surface area contributed by atoms with Gasteiger partial charge in [-0.3, -0.25) is 0 Å². The van der Waals surface area contributed by atoms with E-state index in [0.29, 0.717) is 23.5 Å². The number of pyridine rings is 1. The fourth-order valence-electron chi connectivity index (χ4n) is 4.19. The Kier molecular flexibility index (Phi) is 4.58. The standard InChI is InChI=1S/C22H22F2N6/c1-13-9-29(10-14(2)26-13)18-3-4-20-15(5-18)8-25-21(28-20)16-6-19(24)22-27-17(7-23)12-30(22)11-16/h3-6,8,11-14,26H,7,9-10H2,1-2H3/t13-,14-/m1/s1. The lowest BCUT2D eigenvalue weighted by Gasteiger charge is -2.37. The van der Waals surface area contributed by atoms with Gasteiger partial charge in [0.15, 0.2) is 17.3 Å². The molecule has 0 radical (unpaired) electrons. The normalized spacial score (nSPS) is 19.7. The molecular weight excluding hydrogens is 386 g/mol. The maximum atomic E-state index is 14.4. The first-order valence-corrected chi connectivity index (χ1v) is 10.0. The lowest BCUT2D eigenvalue weighted by atomic mass is 10.1. The minimum atomic E-state index is -0.740. The molecule has 1 N–H and O–H groups in total. The second kappa shape index (κ2) is 7.28. The van der Waals surface area contributed by atoms with Crippen molar-refractivity contribution in [2.75, 3.05) is 18.0 Å². The minimum Gasteiger partial charge on any atom is -0.368 e. The van der Waals surface area contributed by atoms with E-state index in [0.717, 1.165) is 29.7 Å². The number of nitrogens with zero attached hydrogens (tertiary/aromatic N) is 5. The third-order valence-corrected chi connectivity index (χ3v) is 5.44. The number of benzene rings is 1. The first-order valence-electron chi connectivity index (χ1n) is 10.0. The molecule has 0 aliphatic carbocycles.